The largest absolute Gasteiger partial charge is 0.451 e. The molecule has 0 radical (unpaired) electrons. The van der Waals surface area contributed by atoms with Crippen LogP contribution in [-0.4, -0.2) is 37.0 Å². The van der Waals surface area contributed by atoms with Gasteiger partial charge in [0.05, 0.1) is 5.02 Å². The first kappa shape index (κ1) is 19.5. The van der Waals surface area contributed by atoms with Crippen LogP contribution < -0.4 is 10.6 Å². The van der Waals surface area contributed by atoms with Gasteiger partial charge in [-0.25, -0.2) is 4.79 Å². The van der Waals surface area contributed by atoms with Gasteiger partial charge in [-0.2, -0.15) is 0 Å². The van der Waals surface area contributed by atoms with Crippen LogP contribution in [0.3, 0.4) is 0 Å². The Hall–Kier alpha value is -1.83. The third-order valence-electron chi connectivity index (χ3n) is 3.23. The van der Waals surface area contributed by atoms with Crippen molar-refractivity contribution in [2.75, 3.05) is 13.2 Å². The SMILES string of the molecule is CCNC(=O)[C@@H](C)NC(=O)COC(=O)c1sc2cc(Cl)ccc2c1Cl. The average Bonchev–Trinajstić information content (AvgIpc) is 2.89. The van der Waals surface area contributed by atoms with E-state index in [1.165, 1.54) is 6.92 Å². The van der Waals surface area contributed by atoms with Crippen LogP contribution in [-0.2, 0) is 14.3 Å². The molecule has 0 bridgehead atoms. The van der Waals surface area contributed by atoms with Crippen molar-refractivity contribution in [3.63, 3.8) is 0 Å². The fourth-order valence-electron chi connectivity index (χ4n) is 2.04. The molecule has 2 amide bonds. The molecule has 0 saturated heterocycles. The normalized spacial score (nSPS) is 11.8. The summed E-state index contributed by atoms with van der Waals surface area (Å²) >= 11 is 13.3. The molecule has 6 nitrogen and oxygen atoms in total. The highest BCUT2D eigenvalue weighted by Gasteiger charge is 2.21. The van der Waals surface area contributed by atoms with Crippen molar-refractivity contribution >= 4 is 62.4 Å². The van der Waals surface area contributed by atoms with Crippen LogP contribution in [0.4, 0.5) is 0 Å². The Morgan fingerprint density at radius 2 is 2.00 bits per heavy atom. The van der Waals surface area contributed by atoms with Gasteiger partial charge in [0, 0.05) is 21.7 Å². The maximum atomic E-state index is 12.2. The molecule has 0 aliphatic heterocycles. The monoisotopic (exact) mass is 402 g/mol. The van der Waals surface area contributed by atoms with Crippen LogP contribution in [0.1, 0.15) is 23.5 Å². The number of hydrogen-bond acceptors (Lipinski definition) is 5. The smallest absolute Gasteiger partial charge is 0.350 e. The van der Waals surface area contributed by atoms with Crippen molar-refractivity contribution in [3.05, 3.63) is 33.1 Å². The zero-order valence-electron chi connectivity index (χ0n) is 13.5. The van der Waals surface area contributed by atoms with Gasteiger partial charge in [0.2, 0.25) is 5.91 Å². The lowest BCUT2D eigenvalue weighted by Gasteiger charge is -2.13. The molecule has 1 aromatic carbocycles. The van der Waals surface area contributed by atoms with Crippen molar-refractivity contribution in [1.29, 1.82) is 0 Å². The predicted octanol–water partition coefficient (Wildman–Crippen LogP) is 3.01. The maximum Gasteiger partial charge on any atom is 0.350 e. The van der Waals surface area contributed by atoms with Gasteiger partial charge in [-0.3, -0.25) is 9.59 Å². The van der Waals surface area contributed by atoms with Gasteiger partial charge < -0.3 is 15.4 Å². The number of ether oxygens (including phenoxy) is 1. The number of amides is 2. The number of rotatable bonds is 6. The number of nitrogens with one attached hydrogen (secondary N) is 2. The van der Waals surface area contributed by atoms with E-state index in [0.29, 0.717) is 17.0 Å². The van der Waals surface area contributed by atoms with Gasteiger partial charge in [-0.05, 0) is 26.0 Å². The molecule has 134 valence electrons. The Balaban J connectivity index is 1.97. The molecule has 1 aromatic heterocycles. The number of carbonyl (C=O) groups excluding carboxylic acids is 3. The van der Waals surface area contributed by atoms with Crippen LogP contribution in [0.5, 0.6) is 0 Å². The molecular formula is C16H16Cl2N2O4S. The number of likely N-dealkylation sites (N-methyl/N-ethyl adjacent to an activating group) is 1. The second-order valence-electron chi connectivity index (χ2n) is 5.15. The predicted molar refractivity (Wildman–Crippen MR) is 98.4 cm³/mol. The Morgan fingerprint density at radius 1 is 1.28 bits per heavy atom. The van der Waals surface area contributed by atoms with E-state index in [4.69, 9.17) is 27.9 Å². The lowest BCUT2D eigenvalue weighted by molar-refractivity contribution is -0.130. The van der Waals surface area contributed by atoms with Crippen LogP contribution in [0.2, 0.25) is 10.0 Å². The summed E-state index contributed by atoms with van der Waals surface area (Å²) in [5, 5.41) is 6.51. The third kappa shape index (κ3) is 4.84. The minimum absolute atomic E-state index is 0.198. The lowest BCUT2D eigenvalue weighted by Crippen LogP contribution is -2.46. The summed E-state index contributed by atoms with van der Waals surface area (Å²) < 4.78 is 5.73. The number of halogens is 2. The molecular weight excluding hydrogens is 387 g/mol. The quantitative estimate of drug-likeness (QED) is 0.727. The Bertz CT molecular complexity index is 822. The van der Waals surface area contributed by atoms with Crippen molar-refractivity contribution in [3.8, 4) is 0 Å². The summed E-state index contributed by atoms with van der Waals surface area (Å²) in [4.78, 5) is 35.7. The molecule has 25 heavy (non-hydrogen) atoms. The first-order valence-electron chi connectivity index (χ1n) is 7.45. The lowest BCUT2D eigenvalue weighted by atomic mass is 10.2. The Labute approximate surface area is 158 Å². The highest BCUT2D eigenvalue weighted by atomic mass is 35.5. The molecule has 0 saturated carbocycles. The summed E-state index contributed by atoms with van der Waals surface area (Å²) in [6, 6.07) is 4.37. The van der Waals surface area contributed by atoms with E-state index in [9.17, 15) is 14.4 Å². The van der Waals surface area contributed by atoms with E-state index in [1.807, 2.05) is 0 Å². The van der Waals surface area contributed by atoms with Crippen molar-refractivity contribution in [2.45, 2.75) is 19.9 Å². The van der Waals surface area contributed by atoms with Crippen molar-refractivity contribution < 1.29 is 19.1 Å². The van der Waals surface area contributed by atoms with Crippen LogP contribution in [0.15, 0.2) is 18.2 Å². The number of esters is 1. The molecule has 1 atom stereocenters. The van der Waals surface area contributed by atoms with Gasteiger partial charge in [-0.1, -0.05) is 29.3 Å². The molecule has 2 N–H and O–H groups in total. The first-order valence-corrected chi connectivity index (χ1v) is 9.02. The number of hydrogen-bond donors (Lipinski definition) is 2. The van der Waals surface area contributed by atoms with Crippen LogP contribution in [0, 0.1) is 0 Å². The van der Waals surface area contributed by atoms with E-state index in [2.05, 4.69) is 10.6 Å². The highest BCUT2D eigenvalue weighted by Crippen LogP contribution is 2.37. The summed E-state index contributed by atoms with van der Waals surface area (Å²) in [6.07, 6.45) is 0. The van der Waals surface area contributed by atoms with Crippen molar-refractivity contribution in [2.24, 2.45) is 0 Å². The van der Waals surface area contributed by atoms with Crippen LogP contribution >= 0.6 is 34.5 Å². The summed E-state index contributed by atoms with van der Waals surface area (Å²) in [5.41, 5.74) is 0. The van der Waals surface area contributed by atoms with Gasteiger partial charge in [0.15, 0.2) is 6.61 Å². The second-order valence-corrected chi connectivity index (χ2v) is 7.01. The van der Waals surface area contributed by atoms with E-state index >= 15 is 0 Å². The topological polar surface area (TPSA) is 84.5 Å². The van der Waals surface area contributed by atoms with Crippen LogP contribution in [0.25, 0.3) is 10.1 Å². The minimum Gasteiger partial charge on any atom is -0.451 e. The standard InChI is InChI=1S/C16H16Cl2N2O4S/c1-3-19-15(22)8(2)20-12(21)7-24-16(23)14-13(18)10-5-4-9(17)6-11(10)25-14/h4-6,8H,3,7H2,1-2H3,(H,19,22)(H,20,21)/t8-/m1/s1. The van der Waals surface area contributed by atoms with E-state index in [-0.39, 0.29) is 15.8 Å². The van der Waals surface area contributed by atoms with Gasteiger partial charge in [0.25, 0.3) is 5.91 Å². The zero-order chi connectivity index (χ0) is 18.6. The van der Waals surface area contributed by atoms with E-state index in [1.54, 1.807) is 25.1 Å². The third-order valence-corrected chi connectivity index (χ3v) is 5.11. The van der Waals surface area contributed by atoms with Gasteiger partial charge >= 0.3 is 5.97 Å². The molecule has 0 fully saturated rings. The zero-order valence-corrected chi connectivity index (χ0v) is 15.8. The minimum atomic E-state index is -0.721. The molecule has 0 aliphatic carbocycles. The summed E-state index contributed by atoms with van der Waals surface area (Å²) in [5.74, 6) is -1.60. The molecule has 0 unspecified atom stereocenters. The number of carbonyl (C=O) groups is 3. The van der Waals surface area contributed by atoms with Gasteiger partial charge in [-0.15, -0.1) is 11.3 Å². The van der Waals surface area contributed by atoms with E-state index < -0.39 is 24.5 Å². The highest BCUT2D eigenvalue weighted by molar-refractivity contribution is 7.21. The first-order chi connectivity index (χ1) is 11.8. The fraction of sp³-hybridized carbons (Fsp3) is 0.312. The number of benzene rings is 1. The molecule has 0 aliphatic rings. The molecule has 1 heterocycles. The average molecular weight is 403 g/mol. The second kappa shape index (κ2) is 8.51. The van der Waals surface area contributed by atoms with Gasteiger partial charge in [0.1, 0.15) is 10.9 Å². The Kier molecular flexibility index (Phi) is 6.64. The van der Waals surface area contributed by atoms with Crippen molar-refractivity contribution in [1.82, 2.24) is 10.6 Å². The molecule has 2 aromatic rings. The summed E-state index contributed by atoms with van der Waals surface area (Å²) in [7, 11) is 0. The Morgan fingerprint density at radius 3 is 2.68 bits per heavy atom. The number of thiophene rings is 1. The maximum absolute atomic E-state index is 12.2. The fourth-order valence-corrected chi connectivity index (χ4v) is 3.72. The molecule has 0 spiro atoms. The summed E-state index contributed by atoms with van der Waals surface area (Å²) in [6.45, 7) is 3.27. The number of fused-ring (bicyclic) bond motifs is 1. The van der Waals surface area contributed by atoms with E-state index in [0.717, 1.165) is 16.0 Å². The molecule has 9 heteroatoms. The molecule has 2 rings (SSSR count).